The second-order valence-electron chi connectivity index (χ2n) is 4.59. The Labute approximate surface area is 127 Å². The van der Waals surface area contributed by atoms with Crippen LogP contribution in [-0.2, 0) is 10.0 Å². The molecule has 1 aromatic carbocycles. The van der Waals surface area contributed by atoms with Crippen molar-refractivity contribution in [2.24, 2.45) is 0 Å². The topological polar surface area (TPSA) is 58.2 Å². The summed E-state index contributed by atoms with van der Waals surface area (Å²) in [7, 11) is -3.49. The summed E-state index contributed by atoms with van der Waals surface area (Å²) in [4.78, 5) is 0.230. The van der Waals surface area contributed by atoms with Gasteiger partial charge >= 0.3 is 0 Å². The van der Waals surface area contributed by atoms with E-state index in [4.69, 9.17) is 11.6 Å². The first kappa shape index (κ1) is 15.3. The summed E-state index contributed by atoms with van der Waals surface area (Å²) < 4.78 is 27.9. The Morgan fingerprint density at radius 1 is 1.37 bits per heavy atom. The Hall–Kier alpha value is -0.140. The molecule has 1 fully saturated rings. The maximum Gasteiger partial charge on any atom is 0.240 e. The Balaban J connectivity index is 2.14. The summed E-state index contributed by atoms with van der Waals surface area (Å²) in [5, 5.41) is 3.73. The van der Waals surface area contributed by atoms with Crippen LogP contribution in [0.3, 0.4) is 0 Å². The normalized spacial score (nSPS) is 21.1. The molecule has 1 aromatic rings. The van der Waals surface area contributed by atoms with E-state index in [9.17, 15) is 8.42 Å². The zero-order valence-corrected chi connectivity index (χ0v) is 13.5. The molecule has 0 radical (unpaired) electrons. The summed E-state index contributed by atoms with van der Waals surface area (Å²) in [5.74, 6) is 0. The smallest absolute Gasteiger partial charge is 0.240 e. The van der Waals surface area contributed by atoms with Crippen LogP contribution in [0, 0.1) is 0 Å². The standard InChI is InChI=1S/C12H16BrClN2O2S/c13-11-7-10(4-5-12(11)14)19(17,18)16-9-3-1-2-6-15-8-9/h4-5,7,9,15-16H,1-3,6,8H2. The van der Waals surface area contributed by atoms with Crippen molar-refractivity contribution >= 4 is 37.6 Å². The van der Waals surface area contributed by atoms with Crippen LogP contribution in [0.1, 0.15) is 19.3 Å². The first-order chi connectivity index (χ1) is 8.99. The van der Waals surface area contributed by atoms with Crippen molar-refractivity contribution in [2.45, 2.75) is 30.2 Å². The fourth-order valence-corrected chi connectivity index (χ4v) is 4.00. The molecule has 0 amide bonds. The number of rotatable bonds is 3. The minimum absolute atomic E-state index is 0.0537. The fourth-order valence-electron chi connectivity index (χ4n) is 2.05. The van der Waals surface area contributed by atoms with Crippen LogP contribution in [0.4, 0.5) is 0 Å². The highest BCUT2D eigenvalue weighted by Crippen LogP contribution is 2.25. The first-order valence-corrected chi connectivity index (χ1v) is 8.82. The van der Waals surface area contributed by atoms with Gasteiger partial charge in [-0.3, -0.25) is 0 Å². The molecule has 1 aliphatic rings. The van der Waals surface area contributed by atoms with E-state index in [0.717, 1.165) is 25.8 Å². The fraction of sp³-hybridized carbons (Fsp3) is 0.500. The van der Waals surface area contributed by atoms with E-state index in [1.54, 1.807) is 6.07 Å². The molecule has 1 aliphatic heterocycles. The zero-order valence-electron chi connectivity index (χ0n) is 10.3. The third-order valence-electron chi connectivity index (χ3n) is 3.07. The molecule has 1 saturated heterocycles. The van der Waals surface area contributed by atoms with Gasteiger partial charge in [-0.25, -0.2) is 13.1 Å². The average Bonchev–Trinajstić information content (AvgIpc) is 2.60. The van der Waals surface area contributed by atoms with Crippen molar-refractivity contribution in [3.05, 3.63) is 27.7 Å². The number of sulfonamides is 1. The monoisotopic (exact) mass is 366 g/mol. The summed E-state index contributed by atoms with van der Waals surface area (Å²) in [5.41, 5.74) is 0. The van der Waals surface area contributed by atoms with Gasteiger partial charge in [0.15, 0.2) is 0 Å². The molecule has 19 heavy (non-hydrogen) atoms. The lowest BCUT2D eigenvalue weighted by atomic mass is 10.2. The van der Waals surface area contributed by atoms with Crippen molar-refractivity contribution < 1.29 is 8.42 Å². The van der Waals surface area contributed by atoms with Crippen molar-refractivity contribution in [3.8, 4) is 0 Å². The van der Waals surface area contributed by atoms with Crippen molar-refractivity contribution in [1.82, 2.24) is 10.0 Å². The highest BCUT2D eigenvalue weighted by Gasteiger charge is 2.21. The Bertz CT molecular complexity index is 543. The Morgan fingerprint density at radius 2 is 2.16 bits per heavy atom. The van der Waals surface area contributed by atoms with E-state index in [-0.39, 0.29) is 10.9 Å². The van der Waals surface area contributed by atoms with Crippen LogP contribution >= 0.6 is 27.5 Å². The van der Waals surface area contributed by atoms with Gasteiger partial charge in [-0.05, 0) is 53.5 Å². The summed E-state index contributed by atoms with van der Waals surface area (Å²) in [6, 6.07) is 4.56. The van der Waals surface area contributed by atoms with Crippen LogP contribution in [0.5, 0.6) is 0 Å². The maximum absolute atomic E-state index is 12.3. The van der Waals surface area contributed by atoms with Crippen molar-refractivity contribution in [1.29, 1.82) is 0 Å². The number of hydrogen-bond donors (Lipinski definition) is 2. The Morgan fingerprint density at radius 3 is 2.89 bits per heavy atom. The molecule has 1 atom stereocenters. The van der Waals surface area contributed by atoms with E-state index < -0.39 is 10.0 Å². The zero-order chi connectivity index (χ0) is 13.9. The SMILES string of the molecule is O=S(=O)(NC1CCCCNC1)c1ccc(Cl)c(Br)c1. The Kier molecular flexibility index (Phi) is 5.25. The second-order valence-corrected chi connectivity index (χ2v) is 7.57. The van der Waals surface area contributed by atoms with Crippen molar-refractivity contribution in [2.75, 3.05) is 13.1 Å². The molecule has 7 heteroatoms. The van der Waals surface area contributed by atoms with Gasteiger partial charge in [-0.1, -0.05) is 18.0 Å². The number of nitrogens with one attached hydrogen (secondary N) is 2. The first-order valence-electron chi connectivity index (χ1n) is 6.17. The van der Waals surface area contributed by atoms with Crippen molar-refractivity contribution in [3.63, 3.8) is 0 Å². The average molecular weight is 368 g/mol. The lowest BCUT2D eigenvalue weighted by Crippen LogP contribution is -2.40. The lowest BCUT2D eigenvalue weighted by Gasteiger charge is -2.16. The quantitative estimate of drug-likeness (QED) is 0.863. The molecule has 1 unspecified atom stereocenters. The van der Waals surface area contributed by atoms with Crippen LogP contribution in [-0.4, -0.2) is 27.5 Å². The number of halogens is 2. The molecule has 106 valence electrons. The largest absolute Gasteiger partial charge is 0.315 e. The van der Waals surface area contributed by atoms with Gasteiger partial charge in [0.05, 0.1) is 9.92 Å². The molecule has 0 aliphatic carbocycles. The predicted octanol–water partition coefficient (Wildman–Crippen LogP) is 2.52. The van der Waals surface area contributed by atoms with Gasteiger partial charge in [0.1, 0.15) is 0 Å². The molecule has 1 heterocycles. The minimum Gasteiger partial charge on any atom is -0.315 e. The molecule has 2 N–H and O–H groups in total. The van der Waals surface area contributed by atoms with Crippen LogP contribution < -0.4 is 10.0 Å². The highest BCUT2D eigenvalue weighted by molar-refractivity contribution is 9.10. The van der Waals surface area contributed by atoms with E-state index in [2.05, 4.69) is 26.0 Å². The van der Waals surface area contributed by atoms with E-state index in [1.165, 1.54) is 12.1 Å². The molecule has 0 aromatic heterocycles. The van der Waals surface area contributed by atoms with Gasteiger partial charge in [-0.15, -0.1) is 0 Å². The number of hydrogen-bond acceptors (Lipinski definition) is 3. The van der Waals surface area contributed by atoms with Gasteiger partial charge in [0, 0.05) is 17.1 Å². The molecule has 2 rings (SSSR count). The third kappa shape index (κ3) is 4.16. The van der Waals surface area contributed by atoms with Gasteiger partial charge in [0.25, 0.3) is 0 Å². The van der Waals surface area contributed by atoms with E-state index in [0.29, 0.717) is 16.0 Å². The summed E-state index contributed by atoms with van der Waals surface area (Å²) in [6.07, 6.45) is 2.98. The van der Waals surface area contributed by atoms with Gasteiger partial charge < -0.3 is 5.32 Å². The summed E-state index contributed by atoms with van der Waals surface area (Å²) in [6.45, 7) is 1.62. The molecular weight excluding hydrogens is 352 g/mol. The second kappa shape index (κ2) is 6.54. The van der Waals surface area contributed by atoms with E-state index >= 15 is 0 Å². The van der Waals surface area contributed by atoms with Gasteiger partial charge in [-0.2, -0.15) is 0 Å². The lowest BCUT2D eigenvalue weighted by molar-refractivity contribution is 0.521. The highest BCUT2D eigenvalue weighted by atomic mass is 79.9. The molecule has 0 bridgehead atoms. The molecular formula is C12H16BrClN2O2S. The minimum atomic E-state index is -3.49. The predicted molar refractivity (Wildman–Crippen MR) is 80.0 cm³/mol. The van der Waals surface area contributed by atoms with Crippen LogP contribution in [0.25, 0.3) is 0 Å². The maximum atomic E-state index is 12.3. The van der Waals surface area contributed by atoms with Crippen LogP contribution in [0.2, 0.25) is 5.02 Å². The van der Waals surface area contributed by atoms with Crippen LogP contribution in [0.15, 0.2) is 27.6 Å². The molecule has 0 spiro atoms. The third-order valence-corrected chi connectivity index (χ3v) is 5.80. The molecule has 4 nitrogen and oxygen atoms in total. The summed E-state index contributed by atoms with van der Waals surface area (Å²) >= 11 is 9.11. The number of benzene rings is 1. The van der Waals surface area contributed by atoms with E-state index in [1.807, 2.05) is 0 Å². The van der Waals surface area contributed by atoms with Gasteiger partial charge in [0.2, 0.25) is 10.0 Å². The molecule has 0 saturated carbocycles.